The van der Waals surface area contributed by atoms with Crippen LogP contribution in [0.3, 0.4) is 0 Å². The van der Waals surface area contributed by atoms with Crippen LogP contribution in [0.25, 0.3) is 10.4 Å². The Morgan fingerprint density at radius 1 is 1.89 bits per heavy atom. The van der Waals surface area contributed by atoms with E-state index in [-0.39, 0.29) is 0 Å². The first-order chi connectivity index (χ1) is 4.33. The highest BCUT2D eigenvalue weighted by Crippen LogP contribution is 1.86. The fourth-order valence-corrected chi connectivity index (χ4v) is 0.320. The van der Waals surface area contributed by atoms with Crippen molar-refractivity contribution in [3.63, 3.8) is 0 Å². The maximum atomic E-state index is 11.9. The van der Waals surface area contributed by atoms with E-state index in [1.54, 1.807) is 0 Å². The lowest BCUT2D eigenvalue weighted by molar-refractivity contribution is 0.578. The highest BCUT2D eigenvalue weighted by molar-refractivity contribution is 4.68. The standard InChI is InChI=1S/C2HFN6/c3-2-1-9(7-5-2)8-6-4/h1H. The number of hydrogen-bond acceptors (Lipinski definition) is 3. The number of halogens is 1. The molecule has 0 radical (unpaired) electrons. The minimum absolute atomic E-state index is 0.690. The van der Waals surface area contributed by atoms with Crippen LogP contribution in [-0.4, -0.2) is 15.1 Å². The van der Waals surface area contributed by atoms with Crippen LogP contribution in [0, 0.1) is 5.95 Å². The Hall–Kier alpha value is -1.62. The molecule has 0 N–H and O–H groups in total. The molecule has 1 aromatic rings. The van der Waals surface area contributed by atoms with Crippen LogP contribution < -0.4 is 0 Å². The first kappa shape index (κ1) is 5.52. The molecule has 0 spiro atoms. The third kappa shape index (κ3) is 1.14. The summed E-state index contributed by atoms with van der Waals surface area (Å²) in [6, 6.07) is 0. The summed E-state index contributed by atoms with van der Waals surface area (Å²) in [6.07, 6.45) is 0.861. The Morgan fingerprint density at radius 3 is 3.11 bits per heavy atom. The minimum Gasteiger partial charge on any atom is -0.179 e. The van der Waals surface area contributed by atoms with Crippen LogP contribution in [0.2, 0.25) is 0 Å². The van der Waals surface area contributed by atoms with Crippen molar-refractivity contribution in [2.24, 2.45) is 5.22 Å². The van der Waals surface area contributed by atoms with Crippen molar-refractivity contribution in [2.45, 2.75) is 0 Å². The monoisotopic (exact) mass is 128 g/mol. The van der Waals surface area contributed by atoms with Crippen LogP contribution >= 0.6 is 0 Å². The zero-order valence-corrected chi connectivity index (χ0v) is 4.14. The average molecular weight is 128 g/mol. The van der Waals surface area contributed by atoms with Gasteiger partial charge in [0.1, 0.15) is 0 Å². The average Bonchev–Trinajstić information content (AvgIpc) is 2.17. The number of aromatic nitrogens is 3. The number of rotatable bonds is 1. The molecule has 1 heterocycles. The molecule has 0 bridgehead atoms. The molecule has 0 atom stereocenters. The van der Waals surface area contributed by atoms with Gasteiger partial charge in [0.15, 0.2) is 6.20 Å². The van der Waals surface area contributed by atoms with Crippen molar-refractivity contribution in [1.29, 1.82) is 0 Å². The van der Waals surface area contributed by atoms with E-state index in [1.165, 1.54) is 0 Å². The van der Waals surface area contributed by atoms with Gasteiger partial charge in [0, 0.05) is 10.4 Å². The van der Waals surface area contributed by atoms with E-state index in [0.29, 0.717) is 4.79 Å². The molecule has 1 rings (SSSR count). The number of hydrogen-bond donors (Lipinski definition) is 0. The van der Waals surface area contributed by atoms with Gasteiger partial charge < -0.3 is 0 Å². The van der Waals surface area contributed by atoms with Gasteiger partial charge in [-0.1, -0.05) is 9.89 Å². The molecule has 0 aromatic carbocycles. The Morgan fingerprint density at radius 2 is 2.67 bits per heavy atom. The van der Waals surface area contributed by atoms with Gasteiger partial charge in [0.25, 0.3) is 5.95 Å². The molecule has 0 amide bonds. The van der Waals surface area contributed by atoms with Gasteiger partial charge in [0.05, 0.1) is 0 Å². The van der Waals surface area contributed by atoms with Gasteiger partial charge in [-0.3, -0.25) is 0 Å². The highest BCUT2D eigenvalue weighted by atomic mass is 19.1. The maximum Gasteiger partial charge on any atom is 0.278 e. The third-order valence-electron chi connectivity index (χ3n) is 0.586. The van der Waals surface area contributed by atoms with Crippen LogP contribution in [0.15, 0.2) is 11.4 Å². The summed E-state index contributed by atoms with van der Waals surface area (Å²) >= 11 is 0. The summed E-state index contributed by atoms with van der Waals surface area (Å²) in [5.41, 5.74) is 7.78. The van der Waals surface area contributed by atoms with Crippen LogP contribution in [0.1, 0.15) is 0 Å². The van der Waals surface area contributed by atoms with Crippen molar-refractivity contribution >= 4 is 0 Å². The third-order valence-corrected chi connectivity index (χ3v) is 0.586. The quantitative estimate of drug-likeness (QED) is 0.313. The lowest BCUT2D eigenvalue weighted by atomic mass is 10.9. The first-order valence-corrected chi connectivity index (χ1v) is 1.96. The lowest BCUT2D eigenvalue weighted by Crippen LogP contribution is -1.84. The topological polar surface area (TPSA) is 79.5 Å². The van der Waals surface area contributed by atoms with Crippen molar-refractivity contribution in [3.8, 4) is 0 Å². The molecule has 7 heteroatoms. The van der Waals surface area contributed by atoms with E-state index in [4.69, 9.17) is 5.53 Å². The molecular formula is C2HFN6. The molecule has 0 saturated carbocycles. The Kier molecular flexibility index (Phi) is 1.29. The zero-order chi connectivity index (χ0) is 6.69. The summed E-state index contributed by atoms with van der Waals surface area (Å²) in [5, 5.41) is 8.90. The second-order valence-electron chi connectivity index (χ2n) is 1.14. The maximum absolute atomic E-state index is 11.9. The van der Waals surface area contributed by atoms with Gasteiger partial charge in [-0.05, 0) is 0 Å². The second-order valence-corrected chi connectivity index (χ2v) is 1.14. The molecule has 9 heavy (non-hydrogen) atoms. The van der Waals surface area contributed by atoms with Crippen LogP contribution in [0.4, 0.5) is 4.39 Å². The summed E-state index contributed by atoms with van der Waals surface area (Å²) < 4.78 is 11.9. The molecule has 0 fully saturated rings. The summed E-state index contributed by atoms with van der Waals surface area (Å²) in [6.45, 7) is 0. The van der Waals surface area contributed by atoms with Gasteiger partial charge >= 0.3 is 0 Å². The fourth-order valence-electron chi connectivity index (χ4n) is 0.320. The molecule has 46 valence electrons. The van der Waals surface area contributed by atoms with E-state index < -0.39 is 5.95 Å². The van der Waals surface area contributed by atoms with E-state index in [1.807, 2.05) is 0 Å². The van der Waals surface area contributed by atoms with Crippen molar-refractivity contribution in [3.05, 3.63) is 22.6 Å². The van der Waals surface area contributed by atoms with E-state index in [9.17, 15) is 4.39 Å². The molecule has 0 saturated heterocycles. The Balaban J connectivity index is 2.97. The SMILES string of the molecule is [N-]=[N+]=Nn1cc(F)nn1. The predicted molar refractivity (Wildman–Crippen MR) is 24.5 cm³/mol. The van der Waals surface area contributed by atoms with E-state index >= 15 is 0 Å². The normalized spacial score (nSPS) is 8.56. The minimum atomic E-state index is -0.776. The van der Waals surface area contributed by atoms with E-state index in [0.717, 1.165) is 6.20 Å². The van der Waals surface area contributed by atoms with Gasteiger partial charge in [-0.15, -0.1) is 5.53 Å². The van der Waals surface area contributed by atoms with Gasteiger partial charge in [-0.25, -0.2) is 0 Å². The van der Waals surface area contributed by atoms with E-state index in [2.05, 4.69) is 20.4 Å². The summed E-state index contributed by atoms with van der Waals surface area (Å²) in [7, 11) is 0. The van der Waals surface area contributed by atoms with Gasteiger partial charge in [-0.2, -0.15) is 9.30 Å². The van der Waals surface area contributed by atoms with Crippen LogP contribution in [0.5, 0.6) is 0 Å². The zero-order valence-electron chi connectivity index (χ0n) is 4.14. The van der Waals surface area contributed by atoms with Crippen LogP contribution in [-0.2, 0) is 0 Å². The molecular weight excluding hydrogens is 127 g/mol. The fraction of sp³-hybridized carbons (Fsp3) is 0. The molecule has 0 aliphatic rings. The van der Waals surface area contributed by atoms with Crippen molar-refractivity contribution < 1.29 is 4.39 Å². The van der Waals surface area contributed by atoms with Gasteiger partial charge in [0.2, 0.25) is 0 Å². The summed E-state index contributed by atoms with van der Waals surface area (Å²) in [5.74, 6) is -0.776. The molecule has 6 nitrogen and oxygen atoms in total. The summed E-state index contributed by atoms with van der Waals surface area (Å²) in [4.78, 5) is 3.03. The van der Waals surface area contributed by atoms with Crippen molar-refractivity contribution in [1.82, 2.24) is 15.1 Å². The molecule has 0 aliphatic heterocycles. The second kappa shape index (κ2) is 2.10. The van der Waals surface area contributed by atoms with Crippen molar-refractivity contribution in [2.75, 3.05) is 0 Å². The Bertz CT molecular complexity index is 245. The molecule has 1 aromatic heterocycles. The number of nitrogens with zero attached hydrogens (tertiary/aromatic N) is 6. The predicted octanol–water partition coefficient (Wildman–Crippen LogP) is 0.491. The molecule has 0 aliphatic carbocycles. The Labute approximate surface area is 48.5 Å². The lowest BCUT2D eigenvalue weighted by Gasteiger charge is -1.70. The smallest absolute Gasteiger partial charge is 0.179 e. The first-order valence-electron chi connectivity index (χ1n) is 1.96. The largest absolute Gasteiger partial charge is 0.278 e. The number of azide groups is 1. The molecule has 0 unspecified atom stereocenters. The highest BCUT2D eigenvalue weighted by Gasteiger charge is 1.97.